The zero-order chi connectivity index (χ0) is 16.5. The molecular formula is C16H15ClN6O. The van der Waals surface area contributed by atoms with Crippen molar-refractivity contribution in [1.29, 1.82) is 0 Å². The van der Waals surface area contributed by atoms with Crippen LogP contribution in [-0.4, -0.2) is 49.9 Å². The lowest BCUT2D eigenvalue weighted by Crippen LogP contribution is -2.32. The molecule has 4 rings (SSSR count). The van der Waals surface area contributed by atoms with Gasteiger partial charge >= 0.3 is 0 Å². The highest BCUT2D eigenvalue weighted by molar-refractivity contribution is 6.30. The van der Waals surface area contributed by atoms with E-state index in [-0.39, 0.29) is 11.9 Å². The molecule has 2 aromatic heterocycles. The number of hydrogen-bond donors (Lipinski definition) is 2. The summed E-state index contributed by atoms with van der Waals surface area (Å²) in [5.41, 5.74) is 2.20. The van der Waals surface area contributed by atoms with Crippen molar-refractivity contribution in [1.82, 2.24) is 24.8 Å². The number of para-hydroxylation sites is 1. The lowest BCUT2D eigenvalue weighted by atomic mass is 10.1. The zero-order valence-corrected chi connectivity index (χ0v) is 13.5. The van der Waals surface area contributed by atoms with Gasteiger partial charge in [0, 0.05) is 19.1 Å². The second kappa shape index (κ2) is 6.09. The Labute approximate surface area is 143 Å². The normalized spacial score (nSPS) is 17.4. The van der Waals surface area contributed by atoms with Gasteiger partial charge in [-0.2, -0.15) is 0 Å². The fourth-order valence-electron chi connectivity index (χ4n) is 2.94. The van der Waals surface area contributed by atoms with Gasteiger partial charge in [-0.15, -0.1) is 0 Å². The van der Waals surface area contributed by atoms with Gasteiger partial charge in [0.15, 0.2) is 0 Å². The molecule has 0 aliphatic carbocycles. The third-order valence-corrected chi connectivity index (χ3v) is 4.30. The first-order valence-corrected chi connectivity index (χ1v) is 8.04. The number of carbonyl (C=O) groups is 1. The summed E-state index contributed by atoms with van der Waals surface area (Å²) >= 11 is 5.79. The SMILES string of the molecule is O=C(c1cccc2[nH]cnc12)N1CC[C@H](Nc2ncc(Cl)cn2)C1. The highest BCUT2D eigenvalue weighted by atomic mass is 35.5. The number of H-pyrrole nitrogens is 1. The topological polar surface area (TPSA) is 86.8 Å². The first-order chi connectivity index (χ1) is 11.7. The average molecular weight is 343 g/mol. The van der Waals surface area contributed by atoms with E-state index < -0.39 is 0 Å². The number of hydrogen-bond acceptors (Lipinski definition) is 5. The number of halogens is 1. The summed E-state index contributed by atoms with van der Waals surface area (Å²) in [6, 6.07) is 5.70. The number of fused-ring (bicyclic) bond motifs is 1. The molecule has 1 atom stereocenters. The number of nitrogens with zero attached hydrogens (tertiary/aromatic N) is 4. The molecule has 1 amide bonds. The van der Waals surface area contributed by atoms with Gasteiger partial charge in [0.1, 0.15) is 5.52 Å². The van der Waals surface area contributed by atoms with Crippen molar-refractivity contribution in [2.75, 3.05) is 18.4 Å². The average Bonchev–Trinajstić information content (AvgIpc) is 3.25. The van der Waals surface area contributed by atoms with Crippen LogP contribution < -0.4 is 5.32 Å². The van der Waals surface area contributed by atoms with Gasteiger partial charge < -0.3 is 15.2 Å². The number of aromatic nitrogens is 4. The van der Waals surface area contributed by atoms with Gasteiger partial charge in [0.2, 0.25) is 5.95 Å². The van der Waals surface area contributed by atoms with Crippen LogP contribution in [-0.2, 0) is 0 Å². The quantitative estimate of drug-likeness (QED) is 0.763. The van der Waals surface area contributed by atoms with E-state index in [0.29, 0.717) is 35.1 Å². The van der Waals surface area contributed by atoms with E-state index >= 15 is 0 Å². The molecule has 0 saturated carbocycles. The van der Waals surface area contributed by atoms with Crippen LogP contribution in [0.1, 0.15) is 16.8 Å². The molecule has 7 nitrogen and oxygen atoms in total. The second-order valence-electron chi connectivity index (χ2n) is 5.71. The number of imidazole rings is 1. The molecule has 0 bridgehead atoms. The molecule has 0 spiro atoms. The van der Waals surface area contributed by atoms with Gasteiger partial charge in [0.05, 0.1) is 34.8 Å². The standard InChI is InChI=1S/C16H15ClN6O/c17-10-6-18-16(19-7-10)22-11-4-5-23(8-11)15(24)12-2-1-3-13-14(12)21-9-20-13/h1-3,6-7,9,11H,4-5,8H2,(H,20,21)(H,18,19,22)/t11-/m0/s1. The molecule has 1 aliphatic rings. The van der Waals surface area contributed by atoms with Crippen LogP contribution in [0.2, 0.25) is 5.02 Å². The second-order valence-corrected chi connectivity index (χ2v) is 6.15. The molecule has 122 valence electrons. The fraction of sp³-hybridized carbons (Fsp3) is 0.250. The van der Waals surface area contributed by atoms with E-state index in [4.69, 9.17) is 11.6 Å². The van der Waals surface area contributed by atoms with Crippen molar-refractivity contribution in [2.24, 2.45) is 0 Å². The van der Waals surface area contributed by atoms with Gasteiger partial charge in [-0.05, 0) is 18.6 Å². The Kier molecular flexibility index (Phi) is 3.78. The van der Waals surface area contributed by atoms with E-state index in [2.05, 4.69) is 25.3 Å². The molecule has 1 aliphatic heterocycles. The Bertz CT molecular complexity index is 878. The lowest BCUT2D eigenvalue weighted by molar-refractivity contribution is 0.0793. The zero-order valence-electron chi connectivity index (χ0n) is 12.7. The number of amides is 1. The van der Waals surface area contributed by atoms with E-state index in [0.717, 1.165) is 11.9 Å². The summed E-state index contributed by atoms with van der Waals surface area (Å²) in [7, 11) is 0. The molecule has 2 N–H and O–H groups in total. The highest BCUT2D eigenvalue weighted by Crippen LogP contribution is 2.20. The number of benzene rings is 1. The molecule has 24 heavy (non-hydrogen) atoms. The number of carbonyl (C=O) groups excluding carboxylic acids is 1. The summed E-state index contributed by atoms with van der Waals surface area (Å²) < 4.78 is 0. The summed E-state index contributed by atoms with van der Waals surface area (Å²) in [5.74, 6) is 0.516. The summed E-state index contributed by atoms with van der Waals surface area (Å²) in [6.45, 7) is 1.29. The Morgan fingerprint density at radius 2 is 2.12 bits per heavy atom. The Morgan fingerprint density at radius 3 is 2.96 bits per heavy atom. The maximum absolute atomic E-state index is 12.8. The summed E-state index contributed by atoms with van der Waals surface area (Å²) in [6.07, 6.45) is 5.54. The Morgan fingerprint density at radius 1 is 1.29 bits per heavy atom. The van der Waals surface area contributed by atoms with Crippen LogP contribution in [0.4, 0.5) is 5.95 Å². The van der Waals surface area contributed by atoms with Gasteiger partial charge in [-0.3, -0.25) is 4.79 Å². The lowest BCUT2D eigenvalue weighted by Gasteiger charge is -2.17. The van der Waals surface area contributed by atoms with Gasteiger partial charge in [-0.1, -0.05) is 17.7 Å². The first-order valence-electron chi connectivity index (χ1n) is 7.66. The fourth-order valence-corrected chi connectivity index (χ4v) is 3.04. The third kappa shape index (κ3) is 2.78. The van der Waals surface area contributed by atoms with Crippen LogP contribution in [0.5, 0.6) is 0 Å². The van der Waals surface area contributed by atoms with E-state index in [9.17, 15) is 4.79 Å². The minimum atomic E-state index is -0.00553. The number of likely N-dealkylation sites (tertiary alicyclic amines) is 1. The van der Waals surface area contributed by atoms with Crippen molar-refractivity contribution < 1.29 is 4.79 Å². The Balaban J connectivity index is 1.47. The van der Waals surface area contributed by atoms with Crippen molar-refractivity contribution in [3.8, 4) is 0 Å². The molecule has 1 saturated heterocycles. The minimum Gasteiger partial charge on any atom is -0.350 e. The van der Waals surface area contributed by atoms with E-state index in [1.807, 2.05) is 23.1 Å². The number of rotatable bonds is 3. The van der Waals surface area contributed by atoms with Crippen LogP contribution >= 0.6 is 11.6 Å². The predicted molar refractivity (Wildman–Crippen MR) is 91.1 cm³/mol. The first kappa shape index (κ1) is 14.9. The predicted octanol–water partition coefficient (Wildman–Crippen LogP) is 2.33. The monoisotopic (exact) mass is 342 g/mol. The maximum atomic E-state index is 12.8. The van der Waals surface area contributed by atoms with Crippen LogP contribution in [0.3, 0.4) is 0 Å². The molecule has 0 unspecified atom stereocenters. The summed E-state index contributed by atoms with van der Waals surface area (Å²) in [5, 5.41) is 3.74. The largest absolute Gasteiger partial charge is 0.350 e. The molecule has 3 aromatic rings. The van der Waals surface area contributed by atoms with Crippen LogP contribution in [0.25, 0.3) is 11.0 Å². The van der Waals surface area contributed by atoms with Crippen molar-refractivity contribution in [2.45, 2.75) is 12.5 Å². The minimum absolute atomic E-state index is 0.00553. The van der Waals surface area contributed by atoms with Crippen molar-refractivity contribution in [3.05, 3.63) is 47.5 Å². The Hall–Kier alpha value is -2.67. The number of nitrogens with one attached hydrogen (secondary N) is 2. The van der Waals surface area contributed by atoms with Crippen LogP contribution in [0.15, 0.2) is 36.9 Å². The molecule has 3 heterocycles. The number of aromatic amines is 1. The molecule has 1 aromatic carbocycles. The van der Waals surface area contributed by atoms with E-state index in [1.165, 1.54) is 0 Å². The van der Waals surface area contributed by atoms with E-state index in [1.54, 1.807) is 18.7 Å². The maximum Gasteiger partial charge on any atom is 0.256 e. The smallest absolute Gasteiger partial charge is 0.256 e. The van der Waals surface area contributed by atoms with Gasteiger partial charge in [-0.25, -0.2) is 15.0 Å². The van der Waals surface area contributed by atoms with Crippen molar-refractivity contribution in [3.63, 3.8) is 0 Å². The highest BCUT2D eigenvalue weighted by Gasteiger charge is 2.28. The molecule has 0 radical (unpaired) electrons. The molecule has 8 heteroatoms. The van der Waals surface area contributed by atoms with Crippen molar-refractivity contribution >= 4 is 34.5 Å². The molecular weight excluding hydrogens is 328 g/mol. The number of anilines is 1. The molecule has 1 fully saturated rings. The van der Waals surface area contributed by atoms with Gasteiger partial charge in [0.25, 0.3) is 5.91 Å². The third-order valence-electron chi connectivity index (χ3n) is 4.11. The summed E-state index contributed by atoms with van der Waals surface area (Å²) in [4.78, 5) is 30.2. The van der Waals surface area contributed by atoms with Crippen LogP contribution in [0, 0.1) is 0 Å².